The molecule has 4 unspecified atom stereocenters. The van der Waals surface area contributed by atoms with E-state index in [0.29, 0.717) is 0 Å². The summed E-state index contributed by atoms with van der Waals surface area (Å²) in [6.07, 6.45) is 3.62. The van der Waals surface area contributed by atoms with Crippen molar-refractivity contribution in [1.82, 2.24) is 0 Å². The van der Waals surface area contributed by atoms with Gasteiger partial charge in [-0.05, 0) is 43.4 Å². The van der Waals surface area contributed by atoms with Gasteiger partial charge in [-0.2, -0.15) is 0 Å². The number of carbonyl (C=O) groups is 1. The van der Waals surface area contributed by atoms with Crippen LogP contribution < -0.4 is 9.84 Å². The standard InChI is InChI=1S/C17H21FO4/c1-3-10(2)17(9-12-5-7-15(17)21-12)22-14-8-11(16(19)20)4-6-13(14)18/h4,6,8,10,12,15H,3,5,7,9H2,1-2H3,(H,19,20)/p-1. The lowest BCUT2D eigenvalue weighted by Gasteiger charge is -2.40. The molecule has 2 saturated heterocycles. The van der Waals surface area contributed by atoms with Crippen LogP contribution in [0.4, 0.5) is 4.39 Å². The van der Waals surface area contributed by atoms with Crippen LogP contribution in [0.5, 0.6) is 5.75 Å². The van der Waals surface area contributed by atoms with Gasteiger partial charge in [-0.15, -0.1) is 0 Å². The van der Waals surface area contributed by atoms with E-state index in [-0.39, 0.29) is 29.4 Å². The maximum atomic E-state index is 14.1. The molecular formula is C17H20FO4-. The van der Waals surface area contributed by atoms with Crippen molar-refractivity contribution >= 4 is 5.97 Å². The number of ether oxygens (including phenoxy) is 2. The topological polar surface area (TPSA) is 58.6 Å². The number of carboxylic acid groups (broad SMARTS) is 1. The average Bonchev–Trinajstić information content (AvgIpc) is 3.09. The Kier molecular flexibility index (Phi) is 3.85. The van der Waals surface area contributed by atoms with Crippen molar-refractivity contribution in [3.63, 3.8) is 0 Å². The Hall–Kier alpha value is -1.62. The average molecular weight is 307 g/mol. The van der Waals surface area contributed by atoms with Gasteiger partial charge in [0.15, 0.2) is 11.6 Å². The number of hydrogen-bond acceptors (Lipinski definition) is 4. The van der Waals surface area contributed by atoms with E-state index in [9.17, 15) is 14.3 Å². The number of aromatic carboxylic acids is 1. The zero-order chi connectivity index (χ0) is 15.9. The largest absolute Gasteiger partial charge is 0.545 e. The molecule has 0 spiro atoms. The molecule has 0 amide bonds. The first-order valence-corrected chi connectivity index (χ1v) is 7.81. The predicted molar refractivity (Wildman–Crippen MR) is 76.1 cm³/mol. The minimum atomic E-state index is -1.34. The molecule has 2 bridgehead atoms. The Balaban J connectivity index is 1.95. The fraction of sp³-hybridized carbons (Fsp3) is 0.588. The van der Waals surface area contributed by atoms with E-state index in [1.807, 2.05) is 0 Å². The lowest BCUT2D eigenvalue weighted by atomic mass is 9.75. The molecule has 4 nitrogen and oxygen atoms in total. The molecule has 0 saturated carbocycles. The maximum Gasteiger partial charge on any atom is 0.165 e. The molecule has 4 atom stereocenters. The number of fused-ring (bicyclic) bond motifs is 2. The molecule has 2 heterocycles. The van der Waals surface area contributed by atoms with Gasteiger partial charge in [0.2, 0.25) is 0 Å². The fourth-order valence-electron chi connectivity index (χ4n) is 3.69. The van der Waals surface area contributed by atoms with Gasteiger partial charge in [0.05, 0.1) is 18.2 Å². The normalized spacial score (nSPS) is 31.2. The molecule has 2 aliphatic heterocycles. The molecular weight excluding hydrogens is 287 g/mol. The van der Waals surface area contributed by atoms with Crippen LogP contribution in [-0.2, 0) is 4.74 Å². The van der Waals surface area contributed by atoms with E-state index in [4.69, 9.17) is 9.47 Å². The minimum absolute atomic E-state index is 0.0295. The number of carbonyl (C=O) groups excluding carboxylic acids is 1. The SMILES string of the molecule is CCC(C)C1(Oc2cc(C(=O)[O-])ccc2F)CC2CCC1O2. The summed E-state index contributed by atoms with van der Waals surface area (Å²) >= 11 is 0. The van der Waals surface area contributed by atoms with E-state index in [1.54, 1.807) is 0 Å². The molecule has 3 rings (SSSR count). The van der Waals surface area contributed by atoms with E-state index >= 15 is 0 Å². The van der Waals surface area contributed by atoms with Gasteiger partial charge in [-0.25, -0.2) is 4.39 Å². The summed E-state index contributed by atoms with van der Waals surface area (Å²) in [5.41, 5.74) is -0.664. The molecule has 0 radical (unpaired) electrons. The van der Waals surface area contributed by atoms with Crippen molar-refractivity contribution < 1.29 is 23.8 Å². The van der Waals surface area contributed by atoms with Crippen LogP contribution in [0, 0.1) is 11.7 Å². The summed E-state index contributed by atoms with van der Waals surface area (Å²) < 4.78 is 26.1. The molecule has 5 heteroatoms. The third-order valence-corrected chi connectivity index (χ3v) is 5.11. The Morgan fingerprint density at radius 2 is 2.32 bits per heavy atom. The Bertz CT molecular complexity index is 588. The molecule has 22 heavy (non-hydrogen) atoms. The predicted octanol–water partition coefficient (Wildman–Crippen LogP) is 2.30. The number of hydrogen-bond donors (Lipinski definition) is 0. The molecule has 120 valence electrons. The monoisotopic (exact) mass is 307 g/mol. The van der Waals surface area contributed by atoms with Crippen molar-refractivity contribution in [2.24, 2.45) is 5.92 Å². The fourth-order valence-corrected chi connectivity index (χ4v) is 3.69. The lowest BCUT2D eigenvalue weighted by Crippen LogP contribution is -2.50. The molecule has 2 aliphatic rings. The first-order chi connectivity index (χ1) is 10.5. The molecule has 1 aromatic rings. The summed E-state index contributed by atoms with van der Waals surface area (Å²) in [5, 5.41) is 11.0. The third kappa shape index (κ3) is 2.37. The minimum Gasteiger partial charge on any atom is -0.545 e. The highest BCUT2D eigenvalue weighted by Gasteiger charge is 2.57. The number of benzene rings is 1. The van der Waals surface area contributed by atoms with Crippen molar-refractivity contribution in [3.8, 4) is 5.75 Å². The molecule has 0 N–H and O–H groups in total. The second-order valence-electron chi connectivity index (χ2n) is 6.33. The zero-order valence-corrected chi connectivity index (χ0v) is 12.8. The smallest absolute Gasteiger partial charge is 0.165 e. The number of rotatable bonds is 5. The van der Waals surface area contributed by atoms with E-state index in [0.717, 1.165) is 31.7 Å². The third-order valence-electron chi connectivity index (χ3n) is 5.11. The van der Waals surface area contributed by atoms with Crippen LogP contribution in [0.15, 0.2) is 18.2 Å². The first kappa shape index (κ1) is 15.3. The van der Waals surface area contributed by atoms with Crippen LogP contribution in [-0.4, -0.2) is 23.8 Å². The van der Waals surface area contributed by atoms with Crippen molar-refractivity contribution in [2.75, 3.05) is 0 Å². The van der Waals surface area contributed by atoms with Gasteiger partial charge in [-0.1, -0.05) is 13.8 Å². The van der Waals surface area contributed by atoms with Crippen LogP contribution in [0.2, 0.25) is 0 Å². The van der Waals surface area contributed by atoms with Gasteiger partial charge in [0.25, 0.3) is 0 Å². The van der Waals surface area contributed by atoms with Gasteiger partial charge < -0.3 is 19.4 Å². The highest BCUT2D eigenvalue weighted by atomic mass is 19.1. The van der Waals surface area contributed by atoms with Gasteiger partial charge in [-0.3, -0.25) is 0 Å². The van der Waals surface area contributed by atoms with Crippen LogP contribution in [0.3, 0.4) is 0 Å². The van der Waals surface area contributed by atoms with E-state index < -0.39 is 17.4 Å². The highest BCUT2D eigenvalue weighted by Crippen LogP contribution is 2.49. The summed E-state index contributed by atoms with van der Waals surface area (Å²) in [5.74, 6) is -1.74. The van der Waals surface area contributed by atoms with Crippen molar-refractivity contribution in [3.05, 3.63) is 29.6 Å². The van der Waals surface area contributed by atoms with Gasteiger partial charge in [0, 0.05) is 12.0 Å². The molecule has 2 fully saturated rings. The quantitative estimate of drug-likeness (QED) is 0.837. The summed E-state index contributed by atoms with van der Waals surface area (Å²) in [6.45, 7) is 4.14. The van der Waals surface area contributed by atoms with Crippen molar-refractivity contribution in [1.29, 1.82) is 0 Å². The first-order valence-electron chi connectivity index (χ1n) is 7.81. The Morgan fingerprint density at radius 1 is 1.55 bits per heavy atom. The molecule has 0 aromatic heterocycles. The molecule has 0 aliphatic carbocycles. The number of halogens is 1. The van der Waals surface area contributed by atoms with Crippen LogP contribution in [0.1, 0.15) is 49.9 Å². The van der Waals surface area contributed by atoms with E-state index in [1.165, 1.54) is 12.1 Å². The van der Waals surface area contributed by atoms with Crippen LogP contribution >= 0.6 is 0 Å². The van der Waals surface area contributed by atoms with E-state index in [2.05, 4.69) is 13.8 Å². The highest BCUT2D eigenvalue weighted by molar-refractivity contribution is 5.86. The summed E-state index contributed by atoms with van der Waals surface area (Å²) in [7, 11) is 0. The summed E-state index contributed by atoms with van der Waals surface area (Å²) in [6, 6.07) is 3.50. The summed E-state index contributed by atoms with van der Waals surface area (Å²) in [4.78, 5) is 11.0. The zero-order valence-electron chi connectivity index (χ0n) is 12.8. The Morgan fingerprint density at radius 3 is 2.86 bits per heavy atom. The number of carboxylic acids is 1. The van der Waals surface area contributed by atoms with Gasteiger partial charge >= 0.3 is 0 Å². The Labute approximate surface area is 129 Å². The van der Waals surface area contributed by atoms with Crippen LogP contribution in [0.25, 0.3) is 0 Å². The molecule has 1 aromatic carbocycles. The second kappa shape index (κ2) is 5.54. The lowest BCUT2D eigenvalue weighted by molar-refractivity contribution is -0.255. The maximum absolute atomic E-state index is 14.1. The second-order valence-corrected chi connectivity index (χ2v) is 6.33. The van der Waals surface area contributed by atoms with Crippen molar-refractivity contribution in [2.45, 2.75) is 57.3 Å². The van der Waals surface area contributed by atoms with Gasteiger partial charge in [0.1, 0.15) is 5.60 Å².